The first-order valence-electron chi connectivity index (χ1n) is 4.98. The first-order valence-corrected chi connectivity index (χ1v) is 4.98. The van der Waals surface area contributed by atoms with Crippen molar-refractivity contribution in [1.29, 1.82) is 0 Å². The summed E-state index contributed by atoms with van der Waals surface area (Å²) in [6.07, 6.45) is 2.48. The third-order valence-electron chi connectivity index (χ3n) is 2.65. The normalized spacial score (nSPS) is 12.7. The lowest BCUT2D eigenvalue weighted by atomic mass is 10.0. The minimum absolute atomic E-state index is 0.355. The van der Waals surface area contributed by atoms with Crippen molar-refractivity contribution in [3.63, 3.8) is 0 Å². The van der Waals surface area contributed by atoms with E-state index in [4.69, 9.17) is 5.73 Å². The molecule has 0 bridgehead atoms. The van der Waals surface area contributed by atoms with Crippen LogP contribution in [0, 0.1) is 6.92 Å². The minimum atomic E-state index is -0.791. The Labute approximate surface area is 93.5 Å². The highest BCUT2D eigenvalue weighted by Crippen LogP contribution is 2.27. The molecule has 84 valence electrons. The first kappa shape index (κ1) is 10.6. The number of aryl methyl sites for hydroxylation is 2. The summed E-state index contributed by atoms with van der Waals surface area (Å²) in [5, 5.41) is 14.3. The molecule has 16 heavy (non-hydrogen) atoms. The number of aliphatic hydroxyl groups excluding tert-OH is 1. The maximum atomic E-state index is 10.2. The lowest BCUT2D eigenvalue weighted by molar-refractivity contribution is 0.209. The molecule has 1 atom stereocenters. The van der Waals surface area contributed by atoms with E-state index in [1.807, 2.05) is 13.0 Å². The Bertz CT molecular complexity index is 486. The molecule has 0 fully saturated rings. The topological polar surface area (TPSA) is 77.0 Å². The Morgan fingerprint density at radius 2 is 2.12 bits per heavy atom. The van der Waals surface area contributed by atoms with Gasteiger partial charge in [0.15, 0.2) is 0 Å². The van der Waals surface area contributed by atoms with Crippen LogP contribution in [-0.4, -0.2) is 19.9 Å². The van der Waals surface area contributed by atoms with Gasteiger partial charge in [-0.05, 0) is 24.6 Å². The fourth-order valence-corrected chi connectivity index (χ4v) is 1.75. The molecule has 0 saturated carbocycles. The van der Waals surface area contributed by atoms with E-state index in [2.05, 4.69) is 10.1 Å². The number of hydrogen-bond acceptors (Lipinski definition) is 4. The number of aliphatic hydroxyl groups is 1. The number of nitrogens with two attached hydrogens (primary N) is 1. The molecule has 5 heteroatoms. The Balaban J connectivity index is 2.49. The van der Waals surface area contributed by atoms with Crippen LogP contribution in [-0.2, 0) is 7.05 Å². The number of pyridine rings is 1. The summed E-state index contributed by atoms with van der Waals surface area (Å²) in [5.74, 6) is 0.355. The van der Waals surface area contributed by atoms with Crippen molar-refractivity contribution < 1.29 is 5.11 Å². The van der Waals surface area contributed by atoms with Crippen molar-refractivity contribution in [3.8, 4) is 0 Å². The van der Waals surface area contributed by atoms with Crippen LogP contribution in [0.1, 0.15) is 22.9 Å². The highest BCUT2D eigenvalue weighted by Gasteiger charge is 2.19. The predicted octanol–water partition coefficient (Wildman–Crippen LogP) is 0.787. The van der Waals surface area contributed by atoms with Gasteiger partial charge in [0, 0.05) is 25.0 Å². The van der Waals surface area contributed by atoms with Gasteiger partial charge in [-0.2, -0.15) is 5.10 Å². The van der Waals surface area contributed by atoms with Crippen molar-refractivity contribution >= 4 is 5.82 Å². The van der Waals surface area contributed by atoms with Crippen LogP contribution >= 0.6 is 0 Å². The molecular weight excluding hydrogens is 204 g/mol. The van der Waals surface area contributed by atoms with E-state index in [1.54, 1.807) is 30.2 Å². The van der Waals surface area contributed by atoms with Crippen LogP contribution in [0.15, 0.2) is 24.5 Å². The fourth-order valence-electron chi connectivity index (χ4n) is 1.75. The molecule has 0 amide bonds. The molecule has 0 radical (unpaired) electrons. The van der Waals surface area contributed by atoms with E-state index in [0.29, 0.717) is 17.1 Å². The maximum Gasteiger partial charge on any atom is 0.129 e. The zero-order valence-corrected chi connectivity index (χ0v) is 9.25. The second-order valence-electron chi connectivity index (χ2n) is 3.71. The van der Waals surface area contributed by atoms with E-state index >= 15 is 0 Å². The van der Waals surface area contributed by atoms with Crippen LogP contribution in [0.2, 0.25) is 0 Å². The zero-order valence-electron chi connectivity index (χ0n) is 9.25. The molecule has 1 unspecified atom stereocenters. The van der Waals surface area contributed by atoms with Crippen LogP contribution in [0.4, 0.5) is 5.82 Å². The Morgan fingerprint density at radius 3 is 2.69 bits per heavy atom. The highest BCUT2D eigenvalue weighted by molar-refractivity contribution is 5.47. The Hall–Kier alpha value is -1.88. The van der Waals surface area contributed by atoms with Gasteiger partial charge in [-0.3, -0.25) is 4.68 Å². The third kappa shape index (κ3) is 1.65. The maximum absolute atomic E-state index is 10.2. The average Bonchev–Trinajstić information content (AvgIpc) is 2.64. The molecule has 5 nitrogen and oxygen atoms in total. The van der Waals surface area contributed by atoms with Crippen LogP contribution in [0.25, 0.3) is 0 Å². The number of hydrogen-bond donors (Lipinski definition) is 2. The largest absolute Gasteiger partial charge is 0.383 e. The minimum Gasteiger partial charge on any atom is -0.383 e. The smallest absolute Gasteiger partial charge is 0.129 e. The lowest BCUT2D eigenvalue weighted by Crippen LogP contribution is -2.11. The van der Waals surface area contributed by atoms with Crippen LogP contribution in [0.3, 0.4) is 0 Å². The quantitative estimate of drug-likeness (QED) is 0.781. The number of nitrogen functional groups attached to an aromatic ring is 1. The molecule has 0 aliphatic heterocycles. The zero-order chi connectivity index (χ0) is 11.7. The highest BCUT2D eigenvalue weighted by atomic mass is 16.3. The molecule has 2 aromatic heterocycles. The van der Waals surface area contributed by atoms with Crippen molar-refractivity contribution in [3.05, 3.63) is 41.3 Å². The third-order valence-corrected chi connectivity index (χ3v) is 2.65. The first-order chi connectivity index (χ1) is 7.61. The summed E-state index contributed by atoms with van der Waals surface area (Å²) in [7, 11) is 1.78. The van der Waals surface area contributed by atoms with Crippen molar-refractivity contribution in [2.24, 2.45) is 7.05 Å². The van der Waals surface area contributed by atoms with Gasteiger partial charge < -0.3 is 10.8 Å². The summed E-state index contributed by atoms with van der Waals surface area (Å²) in [6.45, 7) is 1.90. The number of anilines is 1. The van der Waals surface area contributed by atoms with Gasteiger partial charge in [-0.25, -0.2) is 4.98 Å². The molecule has 2 rings (SSSR count). The van der Waals surface area contributed by atoms with Gasteiger partial charge in [0.2, 0.25) is 0 Å². The van der Waals surface area contributed by atoms with Crippen molar-refractivity contribution in [2.75, 3.05) is 5.73 Å². The van der Waals surface area contributed by atoms with Gasteiger partial charge >= 0.3 is 0 Å². The van der Waals surface area contributed by atoms with Crippen LogP contribution < -0.4 is 5.73 Å². The predicted molar refractivity (Wildman–Crippen MR) is 60.7 cm³/mol. The summed E-state index contributed by atoms with van der Waals surface area (Å²) < 4.78 is 1.62. The molecule has 0 aliphatic rings. The molecule has 0 spiro atoms. The molecule has 0 aromatic carbocycles. The molecule has 2 aromatic rings. The van der Waals surface area contributed by atoms with E-state index in [1.165, 1.54) is 0 Å². The Morgan fingerprint density at radius 1 is 1.38 bits per heavy atom. The van der Waals surface area contributed by atoms with E-state index < -0.39 is 6.10 Å². The van der Waals surface area contributed by atoms with Crippen molar-refractivity contribution in [1.82, 2.24) is 14.8 Å². The number of nitrogens with zero attached hydrogens (tertiary/aromatic N) is 3. The fraction of sp³-hybridized carbons (Fsp3) is 0.273. The molecular formula is C11H14N4O. The number of rotatable bonds is 2. The summed E-state index contributed by atoms with van der Waals surface area (Å²) in [4.78, 5) is 3.99. The standard InChI is InChI=1S/C11H14N4O/c1-7-3-5-13-11(12)9(7)10(16)8-4-6-14-15(8)2/h3-6,10,16H,1-2H3,(H2,12,13). The van der Waals surface area contributed by atoms with Crippen molar-refractivity contribution in [2.45, 2.75) is 13.0 Å². The summed E-state index contributed by atoms with van der Waals surface area (Å²) in [6, 6.07) is 3.59. The summed E-state index contributed by atoms with van der Waals surface area (Å²) >= 11 is 0. The molecule has 3 N–H and O–H groups in total. The van der Waals surface area contributed by atoms with E-state index in [-0.39, 0.29) is 0 Å². The average molecular weight is 218 g/mol. The second-order valence-corrected chi connectivity index (χ2v) is 3.71. The monoisotopic (exact) mass is 218 g/mol. The Kier molecular flexibility index (Phi) is 2.62. The molecule has 0 aliphatic carbocycles. The molecule has 0 saturated heterocycles. The number of aromatic nitrogens is 3. The van der Waals surface area contributed by atoms with Gasteiger partial charge in [0.25, 0.3) is 0 Å². The van der Waals surface area contributed by atoms with E-state index in [9.17, 15) is 5.11 Å². The molecule has 2 heterocycles. The second kappa shape index (κ2) is 3.94. The lowest BCUT2D eigenvalue weighted by Gasteiger charge is -2.15. The van der Waals surface area contributed by atoms with Crippen LogP contribution in [0.5, 0.6) is 0 Å². The summed E-state index contributed by atoms with van der Waals surface area (Å²) in [5.41, 5.74) is 8.04. The van der Waals surface area contributed by atoms with Gasteiger partial charge in [-0.15, -0.1) is 0 Å². The SMILES string of the molecule is Cc1ccnc(N)c1C(O)c1ccnn1C. The van der Waals surface area contributed by atoms with Gasteiger partial charge in [-0.1, -0.05) is 0 Å². The van der Waals surface area contributed by atoms with Gasteiger partial charge in [0.1, 0.15) is 11.9 Å². The van der Waals surface area contributed by atoms with E-state index in [0.717, 1.165) is 5.56 Å². The van der Waals surface area contributed by atoms with Gasteiger partial charge in [0.05, 0.1) is 5.69 Å².